The third-order valence-electron chi connectivity index (χ3n) is 3.86. The van der Waals surface area contributed by atoms with E-state index in [0.29, 0.717) is 32.0 Å². The van der Waals surface area contributed by atoms with Gasteiger partial charge in [0.05, 0.1) is 23.9 Å². The molecule has 0 radical (unpaired) electrons. The van der Waals surface area contributed by atoms with Crippen molar-refractivity contribution in [3.63, 3.8) is 0 Å². The molecule has 0 bridgehead atoms. The number of carbonyl (C=O) groups is 1. The number of nitrogens with one attached hydrogen (secondary N) is 2. The van der Waals surface area contributed by atoms with Gasteiger partial charge in [-0.1, -0.05) is 6.07 Å². The van der Waals surface area contributed by atoms with Crippen molar-refractivity contribution in [2.24, 2.45) is 0 Å². The van der Waals surface area contributed by atoms with Crippen LogP contribution in [0, 0.1) is 12.7 Å². The molecule has 1 heterocycles. The van der Waals surface area contributed by atoms with Gasteiger partial charge in [-0.15, -0.1) is 11.3 Å². The van der Waals surface area contributed by atoms with Crippen LogP contribution in [0.4, 0.5) is 15.8 Å². The van der Waals surface area contributed by atoms with Crippen LogP contribution in [0.3, 0.4) is 0 Å². The Balaban J connectivity index is 1.94. The van der Waals surface area contributed by atoms with E-state index in [1.165, 1.54) is 30.6 Å². The highest BCUT2D eigenvalue weighted by molar-refractivity contribution is 7.92. The number of benzene rings is 2. The number of sulfonamides is 1. The van der Waals surface area contributed by atoms with Gasteiger partial charge in [-0.2, -0.15) is 0 Å². The Kier molecular flexibility index (Phi) is 5.07. The molecule has 3 aromatic rings. The van der Waals surface area contributed by atoms with E-state index in [9.17, 15) is 17.6 Å². The molecule has 142 valence electrons. The minimum absolute atomic E-state index is 0.205. The Bertz CT molecular complexity index is 1140. The first-order valence-corrected chi connectivity index (χ1v) is 10.5. The first-order chi connectivity index (χ1) is 12.7. The minimum Gasteiger partial charge on any atom is -0.495 e. The normalized spacial score (nSPS) is 11.4. The van der Waals surface area contributed by atoms with Crippen LogP contribution < -0.4 is 14.8 Å². The van der Waals surface area contributed by atoms with Gasteiger partial charge >= 0.3 is 0 Å². The Hall–Kier alpha value is -2.65. The molecule has 0 unspecified atom stereocenters. The topological polar surface area (TPSA) is 84.5 Å². The van der Waals surface area contributed by atoms with Crippen LogP contribution in [0.15, 0.2) is 36.4 Å². The van der Waals surface area contributed by atoms with Crippen molar-refractivity contribution in [1.82, 2.24) is 0 Å². The molecule has 27 heavy (non-hydrogen) atoms. The lowest BCUT2D eigenvalue weighted by atomic mass is 10.1. The molecule has 0 fully saturated rings. The second-order valence-corrected chi connectivity index (χ2v) is 8.71. The molecule has 2 aromatic carbocycles. The van der Waals surface area contributed by atoms with Crippen molar-refractivity contribution >= 4 is 48.7 Å². The van der Waals surface area contributed by atoms with E-state index in [1.807, 2.05) is 0 Å². The summed E-state index contributed by atoms with van der Waals surface area (Å²) in [4.78, 5) is 13.1. The van der Waals surface area contributed by atoms with Crippen molar-refractivity contribution < 1.29 is 22.3 Å². The number of rotatable bonds is 5. The van der Waals surface area contributed by atoms with Gasteiger partial charge in [0.1, 0.15) is 11.6 Å². The number of anilines is 2. The van der Waals surface area contributed by atoms with E-state index in [2.05, 4.69) is 10.0 Å². The lowest BCUT2D eigenvalue weighted by Crippen LogP contribution is -2.13. The minimum atomic E-state index is -3.52. The fraction of sp³-hybridized carbons (Fsp3) is 0.167. The van der Waals surface area contributed by atoms with E-state index in [0.717, 1.165) is 6.26 Å². The summed E-state index contributed by atoms with van der Waals surface area (Å²) in [7, 11) is -2.11. The summed E-state index contributed by atoms with van der Waals surface area (Å²) >= 11 is 1.20. The number of ether oxygens (including phenoxy) is 1. The fourth-order valence-electron chi connectivity index (χ4n) is 2.72. The third-order valence-corrected chi connectivity index (χ3v) is 5.71. The SMILES string of the molecule is COc1ccc(NC(=O)c2sc3cccc(F)c3c2C)cc1NS(C)(=O)=O. The van der Waals surface area contributed by atoms with Crippen LogP contribution in [0.2, 0.25) is 0 Å². The molecule has 1 amide bonds. The highest BCUT2D eigenvalue weighted by atomic mass is 32.2. The molecule has 6 nitrogen and oxygen atoms in total. The number of thiophene rings is 1. The molecular weight excluding hydrogens is 391 g/mol. The zero-order valence-electron chi connectivity index (χ0n) is 14.8. The number of halogens is 1. The number of amides is 1. The average Bonchev–Trinajstić information content (AvgIpc) is 2.92. The number of fused-ring (bicyclic) bond motifs is 1. The highest BCUT2D eigenvalue weighted by Crippen LogP contribution is 2.34. The monoisotopic (exact) mass is 408 g/mol. The predicted molar refractivity (Wildman–Crippen MR) is 106 cm³/mol. The summed E-state index contributed by atoms with van der Waals surface area (Å²) < 4.78 is 45.2. The largest absolute Gasteiger partial charge is 0.495 e. The number of aryl methyl sites for hydroxylation is 1. The van der Waals surface area contributed by atoms with Gasteiger partial charge in [0.25, 0.3) is 5.91 Å². The van der Waals surface area contributed by atoms with E-state index in [1.54, 1.807) is 31.2 Å². The van der Waals surface area contributed by atoms with Crippen molar-refractivity contribution in [3.05, 3.63) is 52.7 Å². The second kappa shape index (κ2) is 7.16. The number of methoxy groups -OCH3 is 1. The molecule has 0 aliphatic carbocycles. The first-order valence-electron chi connectivity index (χ1n) is 7.84. The number of carbonyl (C=O) groups excluding carboxylic acids is 1. The Morgan fingerprint density at radius 3 is 2.59 bits per heavy atom. The number of hydrogen-bond donors (Lipinski definition) is 2. The zero-order valence-corrected chi connectivity index (χ0v) is 16.4. The van der Waals surface area contributed by atoms with E-state index in [4.69, 9.17) is 4.74 Å². The quantitative estimate of drug-likeness (QED) is 0.669. The van der Waals surface area contributed by atoms with Gasteiger partial charge in [-0.25, -0.2) is 12.8 Å². The Morgan fingerprint density at radius 1 is 1.22 bits per heavy atom. The predicted octanol–water partition coefficient (Wildman–Crippen LogP) is 3.98. The van der Waals surface area contributed by atoms with Crippen molar-refractivity contribution in [2.75, 3.05) is 23.4 Å². The molecule has 1 aromatic heterocycles. The van der Waals surface area contributed by atoms with Gasteiger partial charge in [0, 0.05) is 15.8 Å². The summed E-state index contributed by atoms with van der Waals surface area (Å²) in [5, 5.41) is 3.15. The number of hydrogen-bond acceptors (Lipinski definition) is 5. The highest BCUT2D eigenvalue weighted by Gasteiger charge is 2.18. The average molecular weight is 408 g/mol. The molecule has 0 aliphatic rings. The summed E-state index contributed by atoms with van der Waals surface area (Å²) in [5.41, 5.74) is 1.15. The zero-order chi connectivity index (χ0) is 19.8. The van der Waals surface area contributed by atoms with Gasteiger partial charge < -0.3 is 10.1 Å². The first kappa shape index (κ1) is 19.1. The van der Waals surface area contributed by atoms with Crippen LogP contribution >= 0.6 is 11.3 Å². The molecule has 0 spiro atoms. The van der Waals surface area contributed by atoms with E-state index in [-0.39, 0.29) is 11.5 Å². The lowest BCUT2D eigenvalue weighted by Gasteiger charge is -2.12. The van der Waals surface area contributed by atoms with Gasteiger partial charge in [0.15, 0.2) is 0 Å². The second-order valence-electron chi connectivity index (χ2n) is 5.91. The molecular formula is C18H17FN2O4S2. The molecule has 0 atom stereocenters. The Labute approximate surface area is 160 Å². The Morgan fingerprint density at radius 2 is 1.96 bits per heavy atom. The maximum atomic E-state index is 14.0. The van der Waals surface area contributed by atoms with Gasteiger partial charge in [-0.3, -0.25) is 9.52 Å². The molecule has 2 N–H and O–H groups in total. The molecule has 3 rings (SSSR count). The summed E-state index contributed by atoms with van der Waals surface area (Å²) in [6.45, 7) is 1.70. The molecule has 9 heteroatoms. The maximum Gasteiger partial charge on any atom is 0.266 e. The standard InChI is InChI=1S/C18H17FN2O4S2/c1-10-16-12(19)5-4-6-15(16)26-17(10)18(22)20-11-7-8-14(25-2)13(9-11)21-27(3,23)24/h4-9,21H,1-3H3,(H,20,22). The van der Waals surface area contributed by atoms with Crippen molar-refractivity contribution in [2.45, 2.75) is 6.92 Å². The molecule has 0 saturated carbocycles. The van der Waals surface area contributed by atoms with Crippen LogP contribution in [0.25, 0.3) is 10.1 Å². The summed E-state index contributed by atoms with van der Waals surface area (Å²) in [6.07, 6.45) is 1.02. The third kappa shape index (κ3) is 4.04. The lowest BCUT2D eigenvalue weighted by molar-refractivity contribution is 0.103. The maximum absolute atomic E-state index is 14.0. The van der Waals surface area contributed by atoms with E-state index < -0.39 is 15.9 Å². The molecule has 0 aliphatic heterocycles. The smallest absolute Gasteiger partial charge is 0.266 e. The molecule has 0 saturated heterocycles. The van der Waals surface area contributed by atoms with Crippen LogP contribution in [-0.4, -0.2) is 27.7 Å². The van der Waals surface area contributed by atoms with Crippen molar-refractivity contribution in [3.8, 4) is 5.75 Å². The summed E-state index contributed by atoms with van der Waals surface area (Å²) in [6, 6.07) is 9.31. The van der Waals surface area contributed by atoms with E-state index >= 15 is 0 Å². The van der Waals surface area contributed by atoms with Crippen LogP contribution in [0.1, 0.15) is 15.2 Å². The summed E-state index contributed by atoms with van der Waals surface area (Å²) in [5.74, 6) is -0.452. The van der Waals surface area contributed by atoms with Gasteiger partial charge in [0.2, 0.25) is 10.0 Å². The van der Waals surface area contributed by atoms with Gasteiger partial charge in [-0.05, 0) is 42.8 Å². The van der Waals surface area contributed by atoms with Crippen LogP contribution in [-0.2, 0) is 10.0 Å². The van der Waals surface area contributed by atoms with Crippen molar-refractivity contribution in [1.29, 1.82) is 0 Å². The fourth-order valence-corrected chi connectivity index (χ4v) is 4.40. The van der Waals surface area contributed by atoms with Crippen LogP contribution in [0.5, 0.6) is 5.75 Å².